The largest absolute Gasteiger partial charge is 0.373 e. The van der Waals surface area contributed by atoms with Gasteiger partial charge in [0.2, 0.25) is 0 Å². The molecule has 21 heavy (non-hydrogen) atoms. The number of likely N-dealkylation sites (tertiary alicyclic amines) is 1. The van der Waals surface area contributed by atoms with Crippen LogP contribution in [0.5, 0.6) is 0 Å². The lowest BCUT2D eigenvalue weighted by Gasteiger charge is -2.38. The topological polar surface area (TPSA) is 28.6 Å². The van der Waals surface area contributed by atoms with Crippen LogP contribution in [0, 0.1) is 0 Å². The van der Waals surface area contributed by atoms with Gasteiger partial charge in [0.05, 0.1) is 12.2 Å². The molecule has 4 heteroatoms. The van der Waals surface area contributed by atoms with Gasteiger partial charge in [0, 0.05) is 44.6 Å². The van der Waals surface area contributed by atoms with Crippen LogP contribution in [0.15, 0.2) is 24.5 Å². The molecule has 0 radical (unpaired) electrons. The normalized spacial score (nSPS) is 31.6. The SMILES string of the molecule is C[C@@H]1CN(C[C@H]2CCCN2Cc2cccnc2)C[C@@H](C)O1. The minimum absolute atomic E-state index is 0.363. The Morgan fingerprint density at radius 3 is 2.81 bits per heavy atom. The summed E-state index contributed by atoms with van der Waals surface area (Å²) in [4.78, 5) is 9.45. The van der Waals surface area contributed by atoms with Crippen molar-refractivity contribution in [3.63, 3.8) is 0 Å². The number of nitrogens with zero attached hydrogens (tertiary/aromatic N) is 3. The highest BCUT2D eigenvalue weighted by molar-refractivity contribution is 5.09. The molecule has 0 amide bonds. The third kappa shape index (κ3) is 4.02. The second-order valence-corrected chi connectivity index (χ2v) is 6.60. The summed E-state index contributed by atoms with van der Waals surface area (Å²) in [6, 6.07) is 4.90. The molecule has 116 valence electrons. The molecule has 2 fully saturated rings. The van der Waals surface area contributed by atoms with Gasteiger partial charge in [0.25, 0.3) is 0 Å². The van der Waals surface area contributed by atoms with Crippen LogP contribution in [0.1, 0.15) is 32.3 Å². The number of rotatable bonds is 4. The maximum atomic E-state index is 5.84. The van der Waals surface area contributed by atoms with Crippen LogP contribution in [0.2, 0.25) is 0 Å². The number of hydrogen-bond acceptors (Lipinski definition) is 4. The first-order chi connectivity index (χ1) is 10.2. The molecule has 2 aliphatic heterocycles. The Labute approximate surface area is 128 Å². The quantitative estimate of drug-likeness (QED) is 0.849. The van der Waals surface area contributed by atoms with Gasteiger partial charge < -0.3 is 4.74 Å². The zero-order valence-corrected chi connectivity index (χ0v) is 13.2. The average molecular weight is 289 g/mol. The Bertz CT molecular complexity index is 429. The molecule has 2 aliphatic rings. The van der Waals surface area contributed by atoms with Crippen LogP contribution in [0.25, 0.3) is 0 Å². The fourth-order valence-corrected chi connectivity index (χ4v) is 3.77. The average Bonchev–Trinajstić information content (AvgIpc) is 2.86. The molecule has 0 spiro atoms. The molecule has 2 saturated heterocycles. The Hall–Kier alpha value is -0.970. The van der Waals surface area contributed by atoms with E-state index in [1.54, 1.807) is 0 Å². The highest BCUT2D eigenvalue weighted by Gasteiger charge is 2.29. The molecule has 4 nitrogen and oxygen atoms in total. The highest BCUT2D eigenvalue weighted by Crippen LogP contribution is 2.22. The molecule has 0 aromatic carbocycles. The second kappa shape index (κ2) is 6.86. The van der Waals surface area contributed by atoms with Crippen LogP contribution in [-0.2, 0) is 11.3 Å². The molecular weight excluding hydrogens is 262 g/mol. The van der Waals surface area contributed by atoms with Gasteiger partial charge in [-0.05, 0) is 44.9 Å². The molecule has 3 heterocycles. The molecule has 0 unspecified atom stereocenters. The third-order valence-electron chi connectivity index (χ3n) is 4.57. The van der Waals surface area contributed by atoms with Gasteiger partial charge >= 0.3 is 0 Å². The van der Waals surface area contributed by atoms with Crippen LogP contribution in [0.4, 0.5) is 0 Å². The minimum atomic E-state index is 0.363. The van der Waals surface area contributed by atoms with Crippen molar-refractivity contribution in [3.8, 4) is 0 Å². The Morgan fingerprint density at radius 2 is 2.10 bits per heavy atom. The number of aromatic nitrogens is 1. The molecule has 3 atom stereocenters. The van der Waals surface area contributed by atoms with E-state index in [4.69, 9.17) is 4.74 Å². The predicted molar refractivity (Wildman–Crippen MR) is 84.1 cm³/mol. The minimum Gasteiger partial charge on any atom is -0.373 e. The number of pyridine rings is 1. The lowest BCUT2D eigenvalue weighted by molar-refractivity contribution is -0.0724. The fraction of sp³-hybridized carbons (Fsp3) is 0.706. The van der Waals surface area contributed by atoms with Crippen molar-refractivity contribution >= 4 is 0 Å². The van der Waals surface area contributed by atoms with Gasteiger partial charge in [-0.1, -0.05) is 6.07 Å². The number of hydrogen-bond donors (Lipinski definition) is 0. The standard InChI is InChI=1S/C17H27N3O/c1-14-10-19(11-15(2)21-14)13-17-6-4-8-20(17)12-16-5-3-7-18-9-16/h3,5,7,9,14-15,17H,4,6,8,10-13H2,1-2H3/t14-,15-,17-/m1/s1. The van der Waals surface area contributed by atoms with E-state index in [0.717, 1.165) is 19.6 Å². The maximum absolute atomic E-state index is 5.84. The van der Waals surface area contributed by atoms with E-state index in [2.05, 4.69) is 34.7 Å². The predicted octanol–water partition coefficient (Wildman–Crippen LogP) is 2.16. The van der Waals surface area contributed by atoms with E-state index in [1.165, 1.54) is 31.5 Å². The first-order valence-electron chi connectivity index (χ1n) is 8.21. The van der Waals surface area contributed by atoms with Gasteiger partial charge in [-0.3, -0.25) is 14.8 Å². The molecule has 1 aromatic rings. The summed E-state index contributed by atoms with van der Waals surface area (Å²) in [7, 11) is 0. The summed E-state index contributed by atoms with van der Waals surface area (Å²) >= 11 is 0. The molecule has 0 bridgehead atoms. The third-order valence-corrected chi connectivity index (χ3v) is 4.57. The van der Waals surface area contributed by atoms with Crippen molar-refractivity contribution in [2.45, 2.75) is 51.5 Å². The second-order valence-electron chi connectivity index (χ2n) is 6.60. The summed E-state index contributed by atoms with van der Waals surface area (Å²) in [5.74, 6) is 0. The van der Waals surface area contributed by atoms with Crippen molar-refractivity contribution in [2.75, 3.05) is 26.2 Å². The van der Waals surface area contributed by atoms with Crippen molar-refractivity contribution in [1.29, 1.82) is 0 Å². The Balaban J connectivity index is 1.57. The van der Waals surface area contributed by atoms with Crippen molar-refractivity contribution in [3.05, 3.63) is 30.1 Å². The lowest BCUT2D eigenvalue weighted by Crippen LogP contribution is -2.50. The van der Waals surface area contributed by atoms with Gasteiger partial charge in [-0.25, -0.2) is 0 Å². The summed E-state index contributed by atoms with van der Waals surface area (Å²) < 4.78 is 5.84. The number of ether oxygens (including phenoxy) is 1. The summed E-state index contributed by atoms with van der Waals surface area (Å²) in [5.41, 5.74) is 1.33. The van der Waals surface area contributed by atoms with Gasteiger partial charge in [0.1, 0.15) is 0 Å². The first kappa shape index (κ1) is 14.9. The maximum Gasteiger partial charge on any atom is 0.0678 e. The zero-order valence-electron chi connectivity index (χ0n) is 13.2. The molecule has 0 saturated carbocycles. The first-order valence-corrected chi connectivity index (χ1v) is 8.21. The Kier molecular flexibility index (Phi) is 4.88. The van der Waals surface area contributed by atoms with Crippen molar-refractivity contribution in [2.24, 2.45) is 0 Å². The van der Waals surface area contributed by atoms with E-state index in [1.807, 2.05) is 18.5 Å². The molecular formula is C17H27N3O. The molecule has 0 aliphatic carbocycles. The van der Waals surface area contributed by atoms with Crippen LogP contribution < -0.4 is 0 Å². The van der Waals surface area contributed by atoms with E-state index in [0.29, 0.717) is 18.2 Å². The molecule has 1 aromatic heterocycles. The van der Waals surface area contributed by atoms with Gasteiger partial charge in [-0.15, -0.1) is 0 Å². The monoisotopic (exact) mass is 289 g/mol. The van der Waals surface area contributed by atoms with E-state index in [-0.39, 0.29) is 0 Å². The van der Waals surface area contributed by atoms with Gasteiger partial charge in [-0.2, -0.15) is 0 Å². The van der Waals surface area contributed by atoms with E-state index in [9.17, 15) is 0 Å². The smallest absolute Gasteiger partial charge is 0.0678 e. The van der Waals surface area contributed by atoms with Crippen molar-refractivity contribution < 1.29 is 4.74 Å². The molecule has 3 rings (SSSR count). The van der Waals surface area contributed by atoms with Gasteiger partial charge in [0.15, 0.2) is 0 Å². The van der Waals surface area contributed by atoms with E-state index < -0.39 is 0 Å². The van der Waals surface area contributed by atoms with Crippen LogP contribution in [-0.4, -0.2) is 59.2 Å². The fourth-order valence-electron chi connectivity index (χ4n) is 3.77. The van der Waals surface area contributed by atoms with Crippen LogP contribution >= 0.6 is 0 Å². The summed E-state index contributed by atoms with van der Waals surface area (Å²) in [6.07, 6.45) is 7.21. The summed E-state index contributed by atoms with van der Waals surface area (Å²) in [5, 5.41) is 0. The highest BCUT2D eigenvalue weighted by atomic mass is 16.5. The summed E-state index contributed by atoms with van der Waals surface area (Å²) in [6.45, 7) is 9.94. The molecule has 0 N–H and O–H groups in total. The van der Waals surface area contributed by atoms with Crippen LogP contribution in [0.3, 0.4) is 0 Å². The Morgan fingerprint density at radius 1 is 1.29 bits per heavy atom. The van der Waals surface area contributed by atoms with E-state index >= 15 is 0 Å². The lowest BCUT2D eigenvalue weighted by atomic mass is 10.1. The van der Waals surface area contributed by atoms with Crippen molar-refractivity contribution in [1.82, 2.24) is 14.8 Å². The zero-order chi connectivity index (χ0) is 14.7. The number of morpholine rings is 1.